The van der Waals surface area contributed by atoms with Gasteiger partial charge in [0.25, 0.3) is 5.91 Å². The Hall–Kier alpha value is -1.57. The zero-order chi connectivity index (χ0) is 20.6. The number of fused-ring (bicyclic) bond motifs is 1. The average Bonchev–Trinajstić information content (AvgIpc) is 2.61. The zero-order valence-corrected chi connectivity index (χ0v) is 19.8. The van der Waals surface area contributed by atoms with E-state index in [4.69, 9.17) is 4.74 Å². The molecule has 0 spiro atoms. The smallest absolute Gasteiger partial charge is 0.258 e. The van der Waals surface area contributed by atoms with Crippen molar-refractivity contribution in [2.75, 3.05) is 26.2 Å². The molecule has 8 heteroatoms. The van der Waals surface area contributed by atoms with Crippen LogP contribution < -0.4 is 20.7 Å². The van der Waals surface area contributed by atoms with E-state index >= 15 is 0 Å². The van der Waals surface area contributed by atoms with Crippen LogP contribution in [-0.4, -0.2) is 48.9 Å². The van der Waals surface area contributed by atoms with Gasteiger partial charge >= 0.3 is 0 Å². The van der Waals surface area contributed by atoms with Gasteiger partial charge in [-0.25, -0.2) is 0 Å². The van der Waals surface area contributed by atoms with E-state index in [0.29, 0.717) is 18.8 Å². The first-order valence-electron chi connectivity index (χ1n) is 9.80. The maximum Gasteiger partial charge on any atom is 0.258 e. The van der Waals surface area contributed by atoms with Crippen molar-refractivity contribution in [1.82, 2.24) is 16.0 Å². The molecule has 0 fully saturated rings. The van der Waals surface area contributed by atoms with Gasteiger partial charge in [0, 0.05) is 37.3 Å². The van der Waals surface area contributed by atoms with Crippen molar-refractivity contribution in [3.63, 3.8) is 0 Å². The number of amides is 1. The van der Waals surface area contributed by atoms with E-state index in [9.17, 15) is 9.90 Å². The van der Waals surface area contributed by atoms with Crippen LogP contribution in [0.1, 0.15) is 33.3 Å². The molecule has 1 unspecified atom stereocenters. The van der Waals surface area contributed by atoms with Gasteiger partial charge < -0.3 is 25.8 Å². The SMILES string of the molecule is CC(O)CNCCNCc1c(OCC(=O)NC(C)(C)C)ccc2ccccc12.Cl.Cl. The Morgan fingerprint density at radius 2 is 1.73 bits per heavy atom. The third-order valence-electron chi connectivity index (χ3n) is 4.09. The molecule has 170 valence electrons. The maximum absolute atomic E-state index is 12.1. The molecule has 2 aromatic carbocycles. The monoisotopic (exact) mass is 459 g/mol. The van der Waals surface area contributed by atoms with Gasteiger partial charge in [-0.15, -0.1) is 24.8 Å². The summed E-state index contributed by atoms with van der Waals surface area (Å²) in [6, 6.07) is 12.1. The number of aliphatic hydroxyl groups excluding tert-OH is 1. The highest BCUT2D eigenvalue weighted by Crippen LogP contribution is 2.28. The molecule has 0 aliphatic heterocycles. The normalized spacial score (nSPS) is 11.9. The minimum Gasteiger partial charge on any atom is -0.483 e. The van der Waals surface area contributed by atoms with Crippen LogP contribution in [0.4, 0.5) is 0 Å². The first-order valence-corrected chi connectivity index (χ1v) is 9.80. The van der Waals surface area contributed by atoms with Crippen molar-refractivity contribution >= 4 is 41.5 Å². The Morgan fingerprint density at radius 1 is 1.07 bits per heavy atom. The Balaban J connectivity index is 0.00000420. The minimum atomic E-state index is -0.350. The number of carbonyl (C=O) groups excluding carboxylic acids is 1. The molecule has 0 saturated carbocycles. The van der Waals surface area contributed by atoms with Crippen LogP contribution in [0.2, 0.25) is 0 Å². The van der Waals surface area contributed by atoms with Gasteiger partial charge in [-0.1, -0.05) is 30.3 Å². The number of halogens is 2. The molecule has 2 aromatic rings. The quantitative estimate of drug-likeness (QED) is 0.410. The predicted molar refractivity (Wildman–Crippen MR) is 128 cm³/mol. The molecular weight excluding hydrogens is 425 g/mol. The molecule has 0 heterocycles. The van der Waals surface area contributed by atoms with Gasteiger partial charge in [0.05, 0.1) is 6.10 Å². The number of aliphatic hydroxyl groups is 1. The van der Waals surface area contributed by atoms with Gasteiger partial charge in [-0.05, 0) is 44.5 Å². The lowest BCUT2D eigenvalue weighted by molar-refractivity contribution is -0.124. The fourth-order valence-electron chi connectivity index (χ4n) is 2.93. The Kier molecular flexibility index (Phi) is 13.0. The van der Waals surface area contributed by atoms with Crippen LogP contribution in [-0.2, 0) is 11.3 Å². The zero-order valence-electron chi connectivity index (χ0n) is 18.2. The molecule has 6 nitrogen and oxygen atoms in total. The van der Waals surface area contributed by atoms with Crippen LogP contribution in [0.15, 0.2) is 36.4 Å². The van der Waals surface area contributed by atoms with E-state index in [1.54, 1.807) is 6.92 Å². The average molecular weight is 460 g/mol. The molecule has 30 heavy (non-hydrogen) atoms. The van der Waals surface area contributed by atoms with Crippen LogP contribution >= 0.6 is 24.8 Å². The van der Waals surface area contributed by atoms with Crippen molar-refractivity contribution in [2.45, 2.75) is 45.9 Å². The van der Waals surface area contributed by atoms with E-state index in [2.05, 4.69) is 28.1 Å². The second-order valence-corrected chi connectivity index (χ2v) is 8.08. The number of hydrogen-bond donors (Lipinski definition) is 4. The summed E-state index contributed by atoms with van der Waals surface area (Å²) in [5.41, 5.74) is 0.755. The lowest BCUT2D eigenvalue weighted by Crippen LogP contribution is -2.43. The summed E-state index contributed by atoms with van der Waals surface area (Å²) in [6.45, 7) is 10.3. The fourth-order valence-corrected chi connectivity index (χ4v) is 2.93. The first-order chi connectivity index (χ1) is 13.3. The van der Waals surface area contributed by atoms with Crippen molar-refractivity contribution in [1.29, 1.82) is 0 Å². The van der Waals surface area contributed by atoms with Gasteiger partial charge in [0.1, 0.15) is 5.75 Å². The lowest BCUT2D eigenvalue weighted by atomic mass is 10.0. The third-order valence-corrected chi connectivity index (χ3v) is 4.09. The Bertz CT molecular complexity index is 780. The topological polar surface area (TPSA) is 82.6 Å². The summed E-state index contributed by atoms with van der Waals surface area (Å²) in [5.74, 6) is 0.578. The highest BCUT2D eigenvalue weighted by atomic mass is 35.5. The molecule has 1 atom stereocenters. The highest BCUT2D eigenvalue weighted by Gasteiger charge is 2.15. The summed E-state index contributed by atoms with van der Waals surface area (Å²) in [4.78, 5) is 12.1. The second-order valence-electron chi connectivity index (χ2n) is 8.08. The maximum atomic E-state index is 12.1. The first kappa shape index (κ1) is 28.4. The summed E-state index contributed by atoms with van der Waals surface area (Å²) < 4.78 is 5.86. The number of benzene rings is 2. The van der Waals surface area contributed by atoms with Crippen LogP contribution in [0.5, 0.6) is 5.75 Å². The predicted octanol–water partition coefficient (Wildman–Crippen LogP) is 3.04. The molecule has 0 bridgehead atoms. The summed E-state index contributed by atoms with van der Waals surface area (Å²) >= 11 is 0. The molecule has 0 aromatic heterocycles. The van der Waals surface area contributed by atoms with Crippen molar-refractivity contribution in [2.24, 2.45) is 0 Å². The molecular formula is C22H35Cl2N3O3. The largest absolute Gasteiger partial charge is 0.483 e. The van der Waals surface area contributed by atoms with Crippen molar-refractivity contribution in [3.8, 4) is 5.75 Å². The molecule has 2 rings (SSSR count). The van der Waals surface area contributed by atoms with E-state index < -0.39 is 0 Å². The summed E-state index contributed by atoms with van der Waals surface area (Å²) in [7, 11) is 0. The number of rotatable bonds is 10. The van der Waals surface area contributed by atoms with Crippen LogP contribution in [0.3, 0.4) is 0 Å². The van der Waals surface area contributed by atoms with E-state index in [0.717, 1.165) is 29.4 Å². The van der Waals surface area contributed by atoms with Gasteiger partial charge in [0.15, 0.2) is 6.61 Å². The molecule has 0 aliphatic rings. The lowest BCUT2D eigenvalue weighted by Gasteiger charge is -2.21. The molecule has 0 radical (unpaired) electrons. The summed E-state index contributed by atoms with van der Waals surface area (Å²) in [5, 5.41) is 21.0. The van der Waals surface area contributed by atoms with Crippen molar-refractivity contribution in [3.05, 3.63) is 42.0 Å². The number of nitrogens with one attached hydrogen (secondary N) is 3. The standard InChI is InChI=1S/C22H33N3O3.2ClH/c1-16(26)13-23-11-12-24-14-19-18-8-6-5-7-17(18)9-10-20(19)28-15-21(27)25-22(2,3)4;;/h5-10,16,23-24,26H,11-15H2,1-4H3,(H,25,27);2*1H. The van der Waals surface area contributed by atoms with E-state index in [-0.39, 0.29) is 49.0 Å². The number of hydrogen-bond acceptors (Lipinski definition) is 5. The Labute approximate surface area is 192 Å². The Morgan fingerprint density at radius 3 is 2.40 bits per heavy atom. The molecule has 0 saturated heterocycles. The van der Waals surface area contributed by atoms with E-state index in [1.807, 2.05) is 45.0 Å². The second kappa shape index (κ2) is 13.7. The molecule has 0 aliphatic carbocycles. The molecule has 1 amide bonds. The van der Waals surface area contributed by atoms with Gasteiger partial charge in [-0.2, -0.15) is 0 Å². The molecule has 4 N–H and O–H groups in total. The highest BCUT2D eigenvalue weighted by molar-refractivity contribution is 5.88. The van der Waals surface area contributed by atoms with Crippen LogP contribution in [0.25, 0.3) is 10.8 Å². The van der Waals surface area contributed by atoms with Crippen LogP contribution in [0, 0.1) is 0 Å². The number of carbonyl (C=O) groups is 1. The third kappa shape index (κ3) is 9.96. The van der Waals surface area contributed by atoms with Crippen molar-refractivity contribution < 1.29 is 14.6 Å². The van der Waals surface area contributed by atoms with Gasteiger partial charge in [-0.3, -0.25) is 4.79 Å². The summed E-state index contributed by atoms with van der Waals surface area (Å²) in [6.07, 6.45) is -0.350. The van der Waals surface area contributed by atoms with Gasteiger partial charge in [0.2, 0.25) is 0 Å². The number of ether oxygens (including phenoxy) is 1. The van der Waals surface area contributed by atoms with E-state index in [1.165, 1.54) is 0 Å². The minimum absolute atomic E-state index is 0. The fraction of sp³-hybridized carbons (Fsp3) is 0.500.